The average Bonchev–Trinajstić information content (AvgIpc) is 2.94. The number of hydrogen-bond donors (Lipinski definition) is 1. The second kappa shape index (κ2) is 7.80. The number of esters is 1. The smallest absolute Gasteiger partial charge is 0.338 e. The molecule has 0 fully saturated rings. The zero-order chi connectivity index (χ0) is 19.6. The van der Waals surface area contributed by atoms with Gasteiger partial charge in [-0.3, -0.25) is 4.79 Å². The van der Waals surface area contributed by atoms with Crippen LogP contribution in [0.4, 0.5) is 0 Å². The lowest BCUT2D eigenvalue weighted by atomic mass is 10.1. The number of carbonyl (C=O) groups is 2. The molecule has 1 aromatic heterocycles. The summed E-state index contributed by atoms with van der Waals surface area (Å²) in [6, 6.07) is 15.3. The highest BCUT2D eigenvalue weighted by molar-refractivity contribution is 9.10. The Morgan fingerprint density at radius 3 is 2.44 bits per heavy atom. The fourth-order valence-corrected chi connectivity index (χ4v) is 3.33. The summed E-state index contributed by atoms with van der Waals surface area (Å²) in [6.45, 7) is 3.44. The van der Waals surface area contributed by atoms with Gasteiger partial charge in [0.1, 0.15) is 5.75 Å². The maximum Gasteiger partial charge on any atom is 0.338 e. The second-order valence-electron chi connectivity index (χ2n) is 6.15. The van der Waals surface area contributed by atoms with Crippen molar-refractivity contribution in [3.63, 3.8) is 0 Å². The lowest BCUT2D eigenvalue weighted by molar-refractivity contribution is 0.0474. The molecule has 1 heterocycles. The van der Waals surface area contributed by atoms with Crippen LogP contribution in [0.3, 0.4) is 0 Å². The van der Waals surface area contributed by atoms with Crippen LogP contribution >= 0.6 is 15.9 Å². The van der Waals surface area contributed by atoms with Crippen molar-refractivity contribution in [3.8, 4) is 11.4 Å². The molecule has 6 heteroatoms. The summed E-state index contributed by atoms with van der Waals surface area (Å²) in [4.78, 5) is 24.6. The molecular formula is C21H18BrNO4. The number of ether oxygens (including phenoxy) is 1. The highest BCUT2D eigenvalue weighted by Gasteiger charge is 2.18. The van der Waals surface area contributed by atoms with E-state index in [4.69, 9.17) is 4.74 Å². The third-order valence-corrected chi connectivity index (χ3v) is 4.73. The average molecular weight is 428 g/mol. The molecule has 1 N–H and O–H groups in total. The first kappa shape index (κ1) is 18.9. The van der Waals surface area contributed by atoms with Crippen molar-refractivity contribution in [1.82, 2.24) is 4.57 Å². The van der Waals surface area contributed by atoms with Gasteiger partial charge in [-0.05, 0) is 62.4 Å². The van der Waals surface area contributed by atoms with Crippen LogP contribution in [0.25, 0.3) is 5.69 Å². The first-order chi connectivity index (χ1) is 12.9. The van der Waals surface area contributed by atoms with Crippen LogP contribution in [0.1, 0.15) is 32.1 Å². The van der Waals surface area contributed by atoms with E-state index in [9.17, 15) is 14.7 Å². The molecule has 0 saturated carbocycles. The Bertz CT molecular complexity index is 1010. The third-order valence-electron chi connectivity index (χ3n) is 4.24. The van der Waals surface area contributed by atoms with Crippen LogP contribution in [0.2, 0.25) is 0 Å². The third kappa shape index (κ3) is 4.11. The minimum absolute atomic E-state index is 0.0580. The summed E-state index contributed by atoms with van der Waals surface area (Å²) in [5.74, 6) is -0.816. The van der Waals surface area contributed by atoms with Crippen LogP contribution in [0.15, 0.2) is 59.1 Å². The molecule has 5 nitrogen and oxygen atoms in total. The Kier molecular flexibility index (Phi) is 5.46. The number of aryl methyl sites for hydroxylation is 1. The lowest BCUT2D eigenvalue weighted by Crippen LogP contribution is -2.15. The monoisotopic (exact) mass is 427 g/mol. The summed E-state index contributed by atoms with van der Waals surface area (Å²) in [6.07, 6.45) is 0. The SMILES string of the molecule is Cc1cc(C(=O)COC(=O)c2ccc(O)cc2)c(C)n1-c1cccc(Br)c1. The molecule has 138 valence electrons. The summed E-state index contributed by atoms with van der Waals surface area (Å²) in [5, 5.41) is 9.26. The Labute approximate surface area is 165 Å². The highest BCUT2D eigenvalue weighted by atomic mass is 79.9. The van der Waals surface area contributed by atoms with E-state index in [1.54, 1.807) is 6.07 Å². The minimum Gasteiger partial charge on any atom is -0.508 e. The Morgan fingerprint density at radius 2 is 1.78 bits per heavy atom. The number of Topliss-reactive ketones (excluding diaryl/α,β-unsaturated/α-hetero) is 1. The van der Waals surface area contributed by atoms with Crippen molar-refractivity contribution in [2.45, 2.75) is 13.8 Å². The maximum absolute atomic E-state index is 12.6. The van der Waals surface area contributed by atoms with E-state index in [1.165, 1.54) is 24.3 Å². The van der Waals surface area contributed by atoms with Gasteiger partial charge < -0.3 is 14.4 Å². The van der Waals surface area contributed by atoms with Crippen LogP contribution in [-0.2, 0) is 4.74 Å². The molecule has 0 aliphatic heterocycles. The molecule has 27 heavy (non-hydrogen) atoms. The van der Waals surface area contributed by atoms with Gasteiger partial charge in [0.15, 0.2) is 6.61 Å². The molecule has 0 amide bonds. The molecule has 0 aliphatic carbocycles. The zero-order valence-electron chi connectivity index (χ0n) is 14.9. The summed E-state index contributed by atoms with van der Waals surface area (Å²) in [7, 11) is 0. The Balaban J connectivity index is 1.77. The van der Waals surface area contributed by atoms with E-state index in [0.717, 1.165) is 21.5 Å². The molecule has 0 aliphatic rings. The van der Waals surface area contributed by atoms with Gasteiger partial charge in [-0.15, -0.1) is 0 Å². The predicted molar refractivity (Wildman–Crippen MR) is 106 cm³/mol. The summed E-state index contributed by atoms with van der Waals surface area (Å²) < 4.78 is 8.06. The molecule has 0 bridgehead atoms. The number of aromatic nitrogens is 1. The van der Waals surface area contributed by atoms with Crippen LogP contribution in [0.5, 0.6) is 5.75 Å². The first-order valence-electron chi connectivity index (χ1n) is 8.31. The van der Waals surface area contributed by atoms with Gasteiger partial charge in [-0.25, -0.2) is 4.79 Å². The van der Waals surface area contributed by atoms with Crippen molar-refractivity contribution in [2.24, 2.45) is 0 Å². The zero-order valence-corrected chi connectivity index (χ0v) is 16.5. The number of hydrogen-bond acceptors (Lipinski definition) is 4. The standard InChI is InChI=1S/C21H18BrNO4/c1-13-10-19(14(2)23(13)17-5-3-4-16(22)11-17)20(25)12-27-21(26)15-6-8-18(24)9-7-15/h3-11,24H,12H2,1-2H3. The molecule has 0 saturated heterocycles. The number of nitrogens with zero attached hydrogens (tertiary/aromatic N) is 1. The van der Waals surface area contributed by atoms with Crippen molar-refractivity contribution in [2.75, 3.05) is 6.61 Å². The van der Waals surface area contributed by atoms with Gasteiger partial charge >= 0.3 is 5.97 Å². The van der Waals surface area contributed by atoms with Gasteiger partial charge in [0.05, 0.1) is 5.56 Å². The number of rotatable bonds is 5. The number of benzene rings is 2. The molecule has 3 rings (SSSR count). The van der Waals surface area contributed by atoms with E-state index in [0.29, 0.717) is 5.56 Å². The normalized spacial score (nSPS) is 10.6. The molecule has 0 radical (unpaired) electrons. The van der Waals surface area contributed by atoms with E-state index >= 15 is 0 Å². The fraction of sp³-hybridized carbons (Fsp3) is 0.143. The topological polar surface area (TPSA) is 68.5 Å². The molecule has 0 atom stereocenters. The van der Waals surface area contributed by atoms with Gasteiger partial charge in [0.2, 0.25) is 5.78 Å². The number of phenols is 1. The van der Waals surface area contributed by atoms with Crippen LogP contribution in [0, 0.1) is 13.8 Å². The Morgan fingerprint density at radius 1 is 1.07 bits per heavy atom. The number of ketones is 1. The molecule has 0 spiro atoms. The first-order valence-corrected chi connectivity index (χ1v) is 9.10. The number of aromatic hydroxyl groups is 1. The van der Waals surface area contributed by atoms with Crippen molar-refractivity contribution in [3.05, 3.63) is 81.6 Å². The van der Waals surface area contributed by atoms with E-state index in [2.05, 4.69) is 15.9 Å². The summed E-state index contributed by atoms with van der Waals surface area (Å²) >= 11 is 3.46. The van der Waals surface area contributed by atoms with Crippen molar-refractivity contribution < 1.29 is 19.4 Å². The highest BCUT2D eigenvalue weighted by Crippen LogP contribution is 2.23. The number of carbonyl (C=O) groups excluding carboxylic acids is 2. The van der Waals surface area contributed by atoms with Gasteiger partial charge in [-0.2, -0.15) is 0 Å². The van der Waals surface area contributed by atoms with E-state index in [1.807, 2.05) is 42.7 Å². The van der Waals surface area contributed by atoms with Crippen LogP contribution in [-0.4, -0.2) is 28.0 Å². The molecule has 0 unspecified atom stereocenters. The number of phenolic OH excluding ortho intramolecular Hbond substituents is 1. The Hall–Kier alpha value is -2.86. The quantitative estimate of drug-likeness (QED) is 0.477. The van der Waals surface area contributed by atoms with Gasteiger partial charge in [0, 0.05) is 27.1 Å². The largest absolute Gasteiger partial charge is 0.508 e. The van der Waals surface area contributed by atoms with Crippen molar-refractivity contribution >= 4 is 27.7 Å². The predicted octanol–water partition coefficient (Wildman–Crippen LogP) is 4.60. The second-order valence-corrected chi connectivity index (χ2v) is 7.06. The maximum atomic E-state index is 12.6. The van der Waals surface area contributed by atoms with Crippen LogP contribution < -0.4 is 0 Å². The number of halogens is 1. The molecule has 3 aromatic rings. The molecular weight excluding hydrogens is 410 g/mol. The van der Waals surface area contributed by atoms with Gasteiger partial charge in [-0.1, -0.05) is 22.0 Å². The fourth-order valence-electron chi connectivity index (χ4n) is 2.95. The molecule has 2 aromatic carbocycles. The van der Waals surface area contributed by atoms with E-state index in [-0.39, 0.29) is 23.7 Å². The summed E-state index contributed by atoms with van der Waals surface area (Å²) in [5.41, 5.74) is 3.45. The van der Waals surface area contributed by atoms with E-state index < -0.39 is 5.97 Å². The lowest BCUT2D eigenvalue weighted by Gasteiger charge is -2.10. The van der Waals surface area contributed by atoms with Gasteiger partial charge in [0.25, 0.3) is 0 Å². The van der Waals surface area contributed by atoms with Crippen molar-refractivity contribution in [1.29, 1.82) is 0 Å². The minimum atomic E-state index is -0.607.